The SMILES string of the molecule is CCC(CC)(OC)C(=O)c1ccccc1OC. The normalized spacial score (nSPS) is 11.3. The lowest BCUT2D eigenvalue weighted by Crippen LogP contribution is -2.39. The maximum absolute atomic E-state index is 12.5. The van der Waals surface area contributed by atoms with Gasteiger partial charge in [0.05, 0.1) is 12.7 Å². The second-order valence-corrected chi connectivity index (χ2v) is 3.93. The number of para-hydroxylation sites is 1. The summed E-state index contributed by atoms with van der Waals surface area (Å²) in [5.41, 5.74) is -0.158. The number of ether oxygens (including phenoxy) is 2. The van der Waals surface area contributed by atoms with Gasteiger partial charge in [-0.2, -0.15) is 0 Å². The molecule has 0 aliphatic carbocycles. The maximum Gasteiger partial charge on any atom is 0.198 e. The third-order valence-electron chi connectivity index (χ3n) is 3.30. The van der Waals surface area contributed by atoms with Gasteiger partial charge in [0.15, 0.2) is 5.78 Å². The van der Waals surface area contributed by atoms with Gasteiger partial charge in [-0.1, -0.05) is 26.0 Å². The van der Waals surface area contributed by atoms with Gasteiger partial charge >= 0.3 is 0 Å². The van der Waals surface area contributed by atoms with Crippen molar-refractivity contribution in [1.82, 2.24) is 0 Å². The fourth-order valence-corrected chi connectivity index (χ4v) is 2.03. The lowest BCUT2D eigenvalue weighted by Gasteiger charge is -2.29. The minimum Gasteiger partial charge on any atom is -0.496 e. The second kappa shape index (κ2) is 5.82. The van der Waals surface area contributed by atoms with E-state index in [0.29, 0.717) is 24.2 Å². The van der Waals surface area contributed by atoms with Crippen LogP contribution >= 0.6 is 0 Å². The Morgan fingerprint density at radius 3 is 2.24 bits per heavy atom. The van der Waals surface area contributed by atoms with Gasteiger partial charge in [-0.05, 0) is 25.0 Å². The molecule has 0 fully saturated rings. The van der Waals surface area contributed by atoms with Gasteiger partial charge in [0, 0.05) is 7.11 Å². The van der Waals surface area contributed by atoms with Crippen molar-refractivity contribution in [2.24, 2.45) is 0 Å². The van der Waals surface area contributed by atoms with Gasteiger partial charge in [0.2, 0.25) is 0 Å². The number of benzene rings is 1. The number of carbonyl (C=O) groups excluding carboxylic acids is 1. The minimum atomic E-state index is -0.741. The maximum atomic E-state index is 12.5. The van der Waals surface area contributed by atoms with Crippen LogP contribution in [0, 0.1) is 0 Å². The third-order valence-corrected chi connectivity index (χ3v) is 3.30. The summed E-state index contributed by atoms with van der Waals surface area (Å²) < 4.78 is 10.7. The Kier molecular flexibility index (Phi) is 4.70. The monoisotopic (exact) mass is 236 g/mol. The highest BCUT2D eigenvalue weighted by atomic mass is 16.5. The highest BCUT2D eigenvalue weighted by Gasteiger charge is 2.36. The zero-order valence-corrected chi connectivity index (χ0v) is 10.9. The predicted octanol–water partition coefficient (Wildman–Crippen LogP) is 3.08. The van der Waals surface area contributed by atoms with Crippen molar-refractivity contribution in [3.05, 3.63) is 29.8 Å². The van der Waals surface area contributed by atoms with E-state index in [1.54, 1.807) is 26.4 Å². The molecule has 1 aromatic carbocycles. The summed E-state index contributed by atoms with van der Waals surface area (Å²) in [7, 11) is 3.15. The van der Waals surface area contributed by atoms with Crippen LogP contribution in [-0.4, -0.2) is 25.6 Å². The molecule has 0 saturated carbocycles. The molecular formula is C14H20O3. The van der Waals surface area contributed by atoms with Crippen molar-refractivity contribution in [1.29, 1.82) is 0 Å². The number of hydrogen-bond acceptors (Lipinski definition) is 3. The molecule has 17 heavy (non-hydrogen) atoms. The number of methoxy groups -OCH3 is 2. The zero-order chi connectivity index (χ0) is 12.9. The summed E-state index contributed by atoms with van der Waals surface area (Å²) >= 11 is 0. The van der Waals surface area contributed by atoms with Gasteiger partial charge in [-0.15, -0.1) is 0 Å². The summed E-state index contributed by atoms with van der Waals surface area (Å²) in [6.45, 7) is 3.92. The Morgan fingerprint density at radius 1 is 1.18 bits per heavy atom. The van der Waals surface area contributed by atoms with E-state index in [1.165, 1.54) is 0 Å². The molecule has 3 nitrogen and oxygen atoms in total. The van der Waals surface area contributed by atoms with Crippen molar-refractivity contribution in [2.45, 2.75) is 32.3 Å². The Morgan fingerprint density at radius 2 is 1.76 bits per heavy atom. The Labute approximate surface area is 103 Å². The van der Waals surface area contributed by atoms with Crippen molar-refractivity contribution < 1.29 is 14.3 Å². The molecule has 0 saturated heterocycles. The first-order chi connectivity index (χ1) is 8.15. The highest BCUT2D eigenvalue weighted by molar-refractivity contribution is 6.04. The molecule has 0 aliphatic rings. The number of ketones is 1. The van der Waals surface area contributed by atoms with E-state index in [1.807, 2.05) is 26.0 Å². The standard InChI is InChI=1S/C14H20O3/c1-5-14(6-2,17-4)13(15)11-9-7-8-10-12(11)16-3/h7-10H,5-6H2,1-4H3. The lowest BCUT2D eigenvalue weighted by molar-refractivity contribution is -0.00280. The average Bonchev–Trinajstić information content (AvgIpc) is 2.41. The first-order valence-electron chi connectivity index (χ1n) is 5.88. The van der Waals surface area contributed by atoms with Crippen LogP contribution in [0.2, 0.25) is 0 Å². The minimum absolute atomic E-state index is 0.0116. The van der Waals surface area contributed by atoms with E-state index in [0.717, 1.165) is 0 Å². The Hall–Kier alpha value is -1.35. The molecule has 1 aromatic rings. The van der Waals surface area contributed by atoms with E-state index < -0.39 is 5.60 Å². The average molecular weight is 236 g/mol. The largest absolute Gasteiger partial charge is 0.496 e. The van der Waals surface area contributed by atoms with Crippen LogP contribution < -0.4 is 4.74 Å². The van der Waals surface area contributed by atoms with E-state index in [2.05, 4.69) is 0 Å². The molecule has 0 spiro atoms. The summed E-state index contributed by atoms with van der Waals surface area (Å²) in [5.74, 6) is 0.586. The van der Waals surface area contributed by atoms with Crippen LogP contribution in [0.25, 0.3) is 0 Å². The van der Waals surface area contributed by atoms with E-state index in [-0.39, 0.29) is 5.78 Å². The van der Waals surface area contributed by atoms with Crippen LogP contribution in [-0.2, 0) is 4.74 Å². The molecule has 0 unspecified atom stereocenters. The molecule has 3 heteroatoms. The fraction of sp³-hybridized carbons (Fsp3) is 0.500. The lowest BCUT2D eigenvalue weighted by atomic mass is 9.87. The quantitative estimate of drug-likeness (QED) is 0.712. The van der Waals surface area contributed by atoms with Crippen molar-refractivity contribution in [3.8, 4) is 5.75 Å². The third kappa shape index (κ3) is 2.50. The number of rotatable bonds is 6. The van der Waals surface area contributed by atoms with Crippen molar-refractivity contribution in [3.63, 3.8) is 0 Å². The van der Waals surface area contributed by atoms with Crippen LogP contribution in [0.4, 0.5) is 0 Å². The molecule has 1 rings (SSSR count). The van der Waals surface area contributed by atoms with E-state index in [4.69, 9.17) is 9.47 Å². The van der Waals surface area contributed by atoms with Gasteiger partial charge < -0.3 is 9.47 Å². The molecule has 0 aliphatic heterocycles. The molecule has 0 bridgehead atoms. The first kappa shape index (κ1) is 13.7. The molecule has 0 N–H and O–H groups in total. The molecule has 0 radical (unpaired) electrons. The topological polar surface area (TPSA) is 35.5 Å². The van der Waals surface area contributed by atoms with Crippen molar-refractivity contribution >= 4 is 5.78 Å². The fourth-order valence-electron chi connectivity index (χ4n) is 2.03. The van der Waals surface area contributed by atoms with Crippen LogP contribution in [0.5, 0.6) is 5.75 Å². The summed E-state index contributed by atoms with van der Waals surface area (Å²) in [4.78, 5) is 12.5. The van der Waals surface area contributed by atoms with Gasteiger partial charge in [0.1, 0.15) is 11.4 Å². The molecule has 0 heterocycles. The smallest absolute Gasteiger partial charge is 0.198 e. The predicted molar refractivity (Wildman–Crippen MR) is 67.6 cm³/mol. The molecule has 0 aromatic heterocycles. The van der Waals surface area contributed by atoms with Crippen LogP contribution in [0.15, 0.2) is 24.3 Å². The van der Waals surface area contributed by atoms with E-state index in [9.17, 15) is 4.79 Å². The Bertz CT molecular complexity index is 373. The number of Topliss-reactive ketones (excluding diaryl/α,β-unsaturated/α-hetero) is 1. The summed E-state index contributed by atoms with van der Waals surface area (Å²) in [6.07, 6.45) is 1.30. The van der Waals surface area contributed by atoms with Crippen LogP contribution in [0.3, 0.4) is 0 Å². The summed E-state index contributed by atoms with van der Waals surface area (Å²) in [5, 5.41) is 0. The van der Waals surface area contributed by atoms with Gasteiger partial charge in [-0.25, -0.2) is 0 Å². The van der Waals surface area contributed by atoms with Gasteiger partial charge in [0.25, 0.3) is 0 Å². The molecule has 0 amide bonds. The summed E-state index contributed by atoms with van der Waals surface area (Å²) in [6, 6.07) is 7.25. The molecule has 94 valence electrons. The van der Waals surface area contributed by atoms with Gasteiger partial charge in [-0.3, -0.25) is 4.79 Å². The zero-order valence-electron chi connectivity index (χ0n) is 10.9. The second-order valence-electron chi connectivity index (χ2n) is 3.93. The first-order valence-corrected chi connectivity index (χ1v) is 5.88. The Balaban J connectivity index is 3.18. The van der Waals surface area contributed by atoms with Crippen molar-refractivity contribution in [2.75, 3.05) is 14.2 Å². The number of carbonyl (C=O) groups is 1. The number of hydrogen-bond donors (Lipinski definition) is 0. The highest BCUT2D eigenvalue weighted by Crippen LogP contribution is 2.29. The van der Waals surface area contributed by atoms with E-state index >= 15 is 0 Å². The molecule has 0 atom stereocenters. The molecular weight excluding hydrogens is 216 g/mol. The van der Waals surface area contributed by atoms with Crippen LogP contribution in [0.1, 0.15) is 37.0 Å².